The molecule has 1 amide bonds. The number of aliphatic hydroxyl groups is 1. The first kappa shape index (κ1) is 15.6. The maximum absolute atomic E-state index is 12.2. The molecule has 1 aromatic heterocycles. The lowest BCUT2D eigenvalue weighted by Gasteiger charge is -2.18. The van der Waals surface area contributed by atoms with Gasteiger partial charge in [-0.15, -0.1) is 0 Å². The summed E-state index contributed by atoms with van der Waals surface area (Å²) in [7, 11) is 1.99. The molecule has 21 heavy (non-hydrogen) atoms. The number of para-hydroxylation sites is 1. The van der Waals surface area contributed by atoms with Crippen LogP contribution in [0.25, 0.3) is 10.9 Å². The normalized spacial score (nSPS) is 12.8. The molecule has 1 aromatic carbocycles. The van der Waals surface area contributed by atoms with Gasteiger partial charge in [-0.2, -0.15) is 0 Å². The van der Waals surface area contributed by atoms with Gasteiger partial charge in [-0.05, 0) is 24.0 Å². The summed E-state index contributed by atoms with van der Waals surface area (Å²) >= 11 is 0. The SMILES string of the molecule is CC(C)CC(CO)NC(=O)Cc1cn(C)c2ccccc12. The number of hydrogen-bond donors (Lipinski definition) is 2. The third-order valence-corrected chi connectivity index (χ3v) is 3.67. The van der Waals surface area contributed by atoms with Crippen molar-refractivity contribution in [3.8, 4) is 0 Å². The van der Waals surface area contributed by atoms with Crippen LogP contribution in [0.5, 0.6) is 0 Å². The van der Waals surface area contributed by atoms with Gasteiger partial charge in [-0.3, -0.25) is 4.79 Å². The second-order valence-corrected chi connectivity index (χ2v) is 6.04. The van der Waals surface area contributed by atoms with E-state index in [0.29, 0.717) is 12.3 Å². The summed E-state index contributed by atoms with van der Waals surface area (Å²) in [5.41, 5.74) is 2.15. The molecule has 4 nitrogen and oxygen atoms in total. The summed E-state index contributed by atoms with van der Waals surface area (Å²) in [6, 6.07) is 7.91. The van der Waals surface area contributed by atoms with Gasteiger partial charge >= 0.3 is 0 Å². The second-order valence-electron chi connectivity index (χ2n) is 6.04. The maximum Gasteiger partial charge on any atom is 0.224 e. The number of amides is 1. The van der Waals surface area contributed by atoms with Crippen molar-refractivity contribution in [2.24, 2.45) is 13.0 Å². The van der Waals surface area contributed by atoms with Crippen LogP contribution in [0.4, 0.5) is 0 Å². The van der Waals surface area contributed by atoms with Crippen LogP contribution in [0, 0.1) is 5.92 Å². The van der Waals surface area contributed by atoms with Gasteiger partial charge in [-0.1, -0.05) is 32.0 Å². The Labute approximate surface area is 125 Å². The van der Waals surface area contributed by atoms with Crippen LogP contribution >= 0.6 is 0 Å². The summed E-state index contributed by atoms with van der Waals surface area (Å²) in [6.45, 7) is 4.15. The van der Waals surface area contributed by atoms with Crippen molar-refractivity contribution >= 4 is 16.8 Å². The molecule has 0 fully saturated rings. The second kappa shape index (κ2) is 6.76. The number of nitrogens with zero attached hydrogens (tertiary/aromatic N) is 1. The maximum atomic E-state index is 12.2. The highest BCUT2D eigenvalue weighted by Crippen LogP contribution is 2.20. The fourth-order valence-corrected chi connectivity index (χ4v) is 2.77. The van der Waals surface area contributed by atoms with Gasteiger partial charge in [0.15, 0.2) is 0 Å². The van der Waals surface area contributed by atoms with E-state index in [1.54, 1.807) is 0 Å². The monoisotopic (exact) mass is 288 g/mol. The van der Waals surface area contributed by atoms with Crippen molar-refractivity contribution in [3.63, 3.8) is 0 Å². The van der Waals surface area contributed by atoms with Crippen LogP contribution in [0.1, 0.15) is 25.8 Å². The Morgan fingerprint density at radius 2 is 2.05 bits per heavy atom. The van der Waals surface area contributed by atoms with Crippen molar-refractivity contribution in [2.75, 3.05) is 6.61 Å². The molecule has 1 unspecified atom stereocenters. The van der Waals surface area contributed by atoms with Gasteiger partial charge < -0.3 is 15.0 Å². The zero-order valence-corrected chi connectivity index (χ0v) is 13.0. The van der Waals surface area contributed by atoms with Crippen LogP contribution in [0.2, 0.25) is 0 Å². The molecule has 0 saturated carbocycles. The Hall–Kier alpha value is -1.81. The molecule has 0 spiro atoms. The van der Waals surface area contributed by atoms with Crippen molar-refractivity contribution in [1.82, 2.24) is 9.88 Å². The van der Waals surface area contributed by atoms with Crippen LogP contribution in [-0.4, -0.2) is 28.2 Å². The Kier molecular flexibility index (Phi) is 5.02. The zero-order chi connectivity index (χ0) is 15.4. The molecule has 114 valence electrons. The highest BCUT2D eigenvalue weighted by molar-refractivity contribution is 5.89. The van der Waals surface area contributed by atoms with Gasteiger partial charge in [0.1, 0.15) is 0 Å². The number of nitrogens with one attached hydrogen (secondary N) is 1. The molecule has 0 aliphatic carbocycles. The van der Waals surface area contributed by atoms with E-state index in [0.717, 1.165) is 22.9 Å². The number of aliphatic hydroxyl groups excluding tert-OH is 1. The molecule has 2 N–H and O–H groups in total. The van der Waals surface area contributed by atoms with E-state index in [-0.39, 0.29) is 18.6 Å². The first-order chi connectivity index (χ1) is 10.0. The number of carbonyl (C=O) groups is 1. The third kappa shape index (κ3) is 3.85. The van der Waals surface area contributed by atoms with E-state index >= 15 is 0 Å². The molecule has 2 rings (SSSR count). The molecule has 0 aliphatic heterocycles. The predicted octanol–water partition coefficient (Wildman–Crippen LogP) is 2.24. The average Bonchev–Trinajstić information content (AvgIpc) is 2.74. The van der Waals surface area contributed by atoms with E-state index in [2.05, 4.69) is 19.2 Å². The first-order valence-corrected chi connectivity index (χ1v) is 7.44. The minimum atomic E-state index is -0.160. The van der Waals surface area contributed by atoms with Crippen LogP contribution in [-0.2, 0) is 18.3 Å². The fraction of sp³-hybridized carbons (Fsp3) is 0.471. The number of hydrogen-bond acceptors (Lipinski definition) is 2. The molecule has 0 radical (unpaired) electrons. The van der Waals surface area contributed by atoms with Crippen molar-refractivity contribution in [3.05, 3.63) is 36.0 Å². The number of aromatic nitrogens is 1. The van der Waals surface area contributed by atoms with E-state index in [1.807, 2.05) is 42.1 Å². The molecule has 1 heterocycles. The van der Waals surface area contributed by atoms with Gasteiger partial charge in [0.25, 0.3) is 0 Å². The summed E-state index contributed by atoms with van der Waals surface area (Å²) in [4.78, 5) is 12.2. The Morgan fingerprint density at radius 3 is 2.71 bits per heavy atom. The highest BCUT2D eigenvalue weighted by Gasteiger charge is 2.15. The van der Waals surface area contributed by atoms with Gasteiger partial charge in [0.2, 0.25) is 5.91 Å². The van der Waals surface area contributed by atoms with Crippen LogP contribution in [0.3, 0.4) is 0 Å². The largest absolute Gasteiger partial charge is 0.394 e. The molecule has 0 aliphatic rings. The van der Waals surface area contributed by atoms with Gasteiger partial charge in [0.05, 0.1) is 19.1 Å². The summed E-state index contributed by atoms with van der Waals surface area (Å²) < 4.78 is 2.04. The van der Waals surface area contributed by atoms with E-state index < -0.39 is 0 Å². The minimum Gasteiger partial charge on any atom is -0.394 e. The lowest BCUT2D eigenvalue weighted by atomic mass is 10.0. The van der Waals surface area contributed by atoms with E-state index in [1.165, 1.54) is 0 Å². The molecular weight excluding hydrogens is 264 g/mol. The summed E-state index contributed by atoms with van der Waals surface area (Å²) in [5, 5.41) is 13.4. The number of benzene rings is 1. The topological polar surface area (TPSA) is 54.3 Å². The molecular formula is C17H24N2O2. The fourth-order valence-electron chi connectivity index (χ4n) is 2.77. The third-order valence-electron chi connectivity index (χ3n) is 3.67. The quantitative estimate of drug-likeness (QED) is 0.856. The lowest BCUT2D eigenvalue weighted by molar-refractivity contribution is -0.121. The van der Waals surface area contributed by atoms with E-state index in [4.69, 9.17) is 0 Å². The Morgan fingerprint density at radius 1 is 1.33 bits per heavy atom. The average molecular weight is 288 g/mol. The predicted molar refractivity (Wildman–Crippen MR) is 85.1 cm³/mol. The van der Waals surface area contributed by atoms with Gasteiger partial charge in [-0.25, -0.2) is 0 Å². The summed E-state index contributed by atoms with van der Waals surface area (Å²) in [5.74, 6) is 0.408. The van der Waals surface area contributed by atoms with Crippen molar-refractivity contribution < 1.29 is 9.90 Å². The Balaban J connectivity index is 2.08. The van der Waals surface area contributed by atoms with Crippen LogP contribution < -0.4 is 5.32 Å². The molecule has 2 aromatic rings. The van der Waals surface area contributed by atoms with Crippen molar-refractivity contribution in [1.29, 1.82) is 0 Å². The number of rotatable bonds is 6. The molecule has 4 heteroatoms. The number of aryl methyl sites for hydroxylation is 1. The number of fused-ring (bicyclic) bond motifs is 1. The smallest absolute Gasteiger partial charge is 0.224 e. The molecule has 0 bridgehead atoms. The molecule has 1 atom stereocenters. The zero-order valence-electron chi connectivity index (χ0n) is 13.0. The highest BCUT2D eigenvalue weighted by atomic mass is 16.3. The standard InChI is InChI=1S/C17H24N2O2/c1-12(2)8-14(11-20)18-17(21)9-13-10-19(3)16-7-5-4-6-15(13)16/h4-7,10,12,14,20H,8-9,11H2,1-3H3,(H,18,21). The Bertz CT molecular complexity index is 616. The number of carbonyl (C=O) groups excluding carboxylic acids is 1. The van der Waals surface area contributed by atoms with Gasteiger partial charge in [0, 0.05) is 24.1 Å². The summed E-state index contributed by atoms with van der Waals surface area (Å²) in [6.07, 6.45) is 3.13. The van der Waals surface area contributed by atoms with Crippen LogP contribution in [0.15, 0.2) is 30.5 Å². The lowest BCUT2D eigenvalue weighted by Crippen LogP contribution is -2.39. The van der Waals surface area contributed by atoms with E-state index in [9.17, 15) is 9.90 Å². The van der Waals surface area contributed by atoms with Crippen molar-refractivity contribution in [2.45, 2.75) is 32.7 Å². The molecule has 0 saturated heterocycles. The first-order valence-electron chi connectivity index (χ1n) is 7.44. The minimum absolute atomic E-state index is 0.0144.